The Bertz CT molecular complexity index is 1030. The molecule has 0 radical (unpaired) electrons. The number of hydrogen-bond donors (Lipinski definition) is 1. The molecule has 0 spiro atoms. The summed E-state index contributed by atoms with van der Waals surface area (Å²) in [5.41, 5.74) is 2.68. The van der Waals surface area contributed by atoms with Gasteiger partial charge < -0.3 is 9.47 Å². The van der Waals surface area contributed by atoms with Crippen LogP contribution in [0.15, 0.2) is 66.7 Å². The molecule has 0 aliphatic carbocycles. The van der Waals surface area contributed by atoms with Crippen molar-refractivity contribution in [2.75, 3.05) is 18.0 Å². The molecule has 1 saturated heterocycles. The first kappa shape index (κ1) is 19.1. The summed E-state index contributed by atoms with van der Waals surface area (Å²) in [4.78, 5) is 11.6. The molecule has 1 aliphatic heterocycles. The van der Waals surface area contributed by atoms with Crippen molar-refractivity contribution in [3.05, 3.63) is 78.1 Å². The van der Waals surface area contributed by atoms with E-state index in [1.807, 2.05) is 54.6 Å². The molecule has 3 aromatic carbocycles. The Kier molecular flexibility index (Phi) is 5.57. The van der Waals surface area contributed by atoms with E-state index in [1.54, 1.807) is 17.5 Å². The number of carbonyl (C=O) groups is 1. The lowest BCUT2D eigenvalue weighted by molar-refractivity contribution is -0.117. The normalized spacial score (nSPS) is 13.3. The van der Waals surface area contributed by atoms with E-state index in [0.29, 0.717) is 17.1 Å². The Morgan fingerprint density at radius 2 is 1.90 bits per heavy atom. The minimum atomic E-state index is -0.461. The summed E-state index contributed by atoms with van der Waals surface area (Å²) < 4.78 is 30.6. The van der Waals surface area contributed by atoms with Crippen LogP contribution in [0, 0.1) is 5.82 Å². The van der Waals surface area contributed by atoms with Crippen molar-refractivity contribution >= 4 is 23.7 Å². The van der Waals surface area contributed by atoms with Crippen molar-refractivity contribution in [3.63, 3.8) is 0 Å². The Morgan fingerprint density at radius 1 is 1.07 bits per heavy atom. The van der Waals surface area contributed by atoms with Crippen LogP contribution in [0.4, 0.5) is 10.1 Å². The molecule has 0 bridgehead atoms. The van der Waals surface area contributed by atoms with Gasteiger partial charge in [0.15, 0.2) is 5.82 Å². The number of nitrogens with zero attached hydrogens (tertiary/aromatic N) is 1. The van der Waals surface area contributed by atoms with E-state index in [-0.39, 0.29) is 24.7 Å². The summed E-state index contributed by atoms with van der Waals surface area (Å²) in [5, 5.41) is 0. The summed E-state index contributed by atoms with van der Waals surface area (Å²) >= 11 is 1.06. The Morgan fingerprint density at radius 3 is 2.62 bits per heavy atom. The highest BCUT2D eigenvalue weighted by Crippen LogP contribution is 2.40. The maximum atomic E-state index is 15.2. The molecule has 1 fully saturated rings. The van der Waals surface area contributed by atoms with E-state index in [9.17, 15) is 4.79 Å². The zero-order valence-corrected chi connectivity index (χ0v) is 16.5. The third-order valence-corrected chi connectivity index (χ3v) is 5.33. The van der Waals surface area contributed by atoms with Crippen LogP contribution in [-0.4, -0.2) is 19.6 Å². The summed E-state index contributed by atoms with van der Waals surface area (Å²) in [6.45, 7) is 0.344. The maximum absolute atomic E-state index is 15.2. The predicted octanol–water partition coefficient (Wildman–Crippen LogP) is 4.58. The third kappa shape index (κ3) is 4.30. The topological polar surface area (TPSA) is 50.8 Å². The Balaban J connectivity index is 1.73. The van der Waals surface area contributed by atoms with E-state index >= 15 is 4.39 Å². The van der Waals surface area contributed by atoms with Crippen molar-refractivity contribution in [3.8, 4) is 22.6 Å². The zero-order valence-electron chi connectivity index (χ0n) is 15.7. The second kappa shape index (κ2) is 8.45. The minimum absolute atomic E-state index is 0.0573. The summed E-state index contributed by atoms with van der Waals surface area (Å²) in [6.07, 6.45) is 0. The van der Waals surface area contributed by atoms with Gasteiger partial charge in [0.1, 0.15) is 30.3 Å². The van der Waals surface area contributed by atoms with Gasteiger partial charge in [0.2, 0.25) is 0 Å². The molecule has 1 heterocycles. The molecule has 5 nitrogen and oxygen atoms in total. The van der Waals surface area contributed by atoms with Crippen LogP contribution in [0.1, 0.15) is 5.56 Å². The molecule has 7 heteroatoms. The second-order valence-corrected chi connectivity index (χ2v) is 7.29. The number of carbonyl (C=O) groups excluding carboxylic acids is 1. The first-order valence-corrected chi connectivity index (χ1v) is 9.79. The zero-order chi connectivity index (χ0) is 20.2. The lowest BCUT2D eigenvalue weighted by Gasteiger charge is -2.20. The number of nitrogens with one attached hydrogen (secondary N) is 1. The van der Waals surface area contributed by atoms with Crippen LogP contribution < -0.4 is 18.5 Å². The van der Waals surface area contributed by atoms with Crippen LogP contribution in [-0.2, 0) is 11.4 Å². The number of hydrogen-bond acceptors (Lipinski definition) is 5. The molecule has 0 saturated carbocycles. The van der Waals surface area contributed by atoms with Gasteiger partial charge in [-0.15, -0.1) is 0 Å². The second-order valence-electron chi connectivity index (χ2n) is 6.46. The highest BCUT2D eigenvalue weighted by Gasteiger charge is 2.27. The quantitative estimate of drug-likeness (QED) is 0.603. The number of benzene rings is 3. The fourth-order valence-electron chi connectivity index (χ4n) is 3.06. The van der Waals surface area contributed by atoms with Crippen LogP contribution in [0.5, 0.6) is 11.5 Å². The summed E-state index contributed by atoms with van der Waals surface area (Å²) in [5.74, 6) is 0.414. The Labute approximate surface area is 172 Å². The van der Waals surface area contributed by atoms with Crippen LogP contribution in [0.25, 0.3) is 11.1 Å². The van der Waals surface area contributed by atoms with Crippen LogP contribution >= 0.6 is 12.1 Å². The van der Waals surface area contributed by atoms with E-state index in [2.05, 4.69) is 4.72 Å². The summed E-state index contributed by atoms with van der Waals surface area (Å²) in [7, 11) is 1.59. The smallest absolute Gasteiger partial charge is 0.251 e. The predicted molar refractivity (Wildman–Crippen MR) is 112 cm³/mol. The lowest BCUT2D eigenvalue weighted by Crippen LogP contribution is -2.17. The van der Waals surface area contributed by atoms with Crippen molar-refractivity contribution in [2.24, 2.45) is 0 Å². The van der Waals surface area contributed by atoms with Gasteiger partial charge >= 0.3 is 0 Å². The van der Waals surface area contributed by atoms with Crippen molar-refractivity contribution < 1.29 is 18.7 Å². The SMILES string of the molecule is COc1cccc(-c2cc(F)c(N3CC(=O)NS3)c(OCc3ccccc3)c2)c1. The molecule has 0 aromatic heterocycles. The number of anilines is 1. The number of ether oxygens (including phenoxy) is 2. The van der Waals surface area contributed by atoms with Gasteiger partial charge in [-0.05, 0) is 41.0 Å². The van der Waals surface area contributed by atoms with Gasteiger partial charge in [-0.2, -0.15) is 0 Å². The van der Waals surface area contributed by atoms with Crippen LogP contribution in [0.2, 0.25) is 0 Å². The molecule has 1 N–H and O–H groups in total. The number of methoxy groups -OCH3 is 1. The largest absolute Gasteiger partial charge is 0.497 e. The van der Waals surface area contributed by atoms with E-state index in [4.69, 9.17) is 9.47 Å². The molecule has 4 rings (SSSR count). The number of halogens is 1. The average molecular weight is 410 g/mol. The molecular formula is C22H19FN2O3S. The molecule has 1 amide bonds. The first-order chi connectivity index (χ1) is 14.1. The van der Waals surface area contributed by atoms with E-state index < -0.39 is 5.82 Å². The first-order valence-electron chi connectivity index (χ1n) is 9.02. The standard InChI is InChI=1S/C22H19FN2O3S/c1-27-18-9-5-8-16(10-18)17-11-19(23)22(25-13-21(26)24-29-25)20(12-17)28-14-15-6-3-2-4-7-15/h2-12H,13-14H2,1H3,(H,24,26). The molecule has 0 unspecified atom stereocenters. The average Bonchev–Trinajstić information content (AvgIpc) is 3.18. The van der Waals surface area contributed by atoms with Crippen molar-refractivity contribution in [1.29, 1.82) is 0 Å². The third-order valence-electron chi connectivity index (χ3n) is 4.47. The van der Waals surface area contributed by atoms with E-state index in [1.165, 1.54) is 6.07 Å². The number of amides is 1. The number of rotatable bonds is 6. The highest BCUT2D eigenvalue weighted by atomic mass is 32.2. The van der Waals surface area contributed by atoms with Gasteiger partial charge in [-0.1, -0.05) is 42.5 Å². The van der Waals surface area contributed by atoms with Gasteiger partial charge in [0.05, 0.1) is 19.2 Å². The van der Waals surface area contributed by atoms with Gasteiger partial charge in [-0.25, -0.2) is 4.39 Å². The molecular weight excluding hydrogens is 391 g/mol. The molecule has 1 aliphatic rings. The maximum Gasteiger partial charge on any atom is 0.251 e. The highest BCUT2D eigenvalue weighted by molar-refractivity contribution is 7.99. The lowest BCUT2D eigenvalue weighted by atomic mass is 10.0. The van der Waals surface area contributed by atoms with Gasteiger partial charge in [0.25, 0.3) is 5.91 Å². The fraction of sp³-hybridized carbons (Fsp3) is 0.136. The van der Waals surface area contributed by atoms with Crippen molar-refractivity contribution in [2.45, 2.75) is 6.61 Å². The monoisotopic (exact) mass is 410 g/mol. The van der Waals surface area contributed by atoms with Crippen LogP contribution in [0.3, 0.4) is 0 Å². The van der Waals surface area contributed by atoms with E-state index in [0.717, 1.165) is 23.3 Å². The molecule has 0 atom stereocenters. The molecule has 3 aromatic rings. The Hall–Kier alpha value is -3.19. The molecule has 148 valence electrons. The van der Waals surface area contributed by atoms with Gasteiger partial charge in [-0.3, -0.25) is 13.8 Å². The fourth-order valence-corrected chi connectivity index (χ4v) is 3.78. The minimum Gasteiger partial charge on any atom is -0.497 e. The molecule has 29 heavy (non-hydrogen) atoms. The van der Waals surface area contributed by atoms with Gasteiger partial charge in [0, 0.05) is 0 Å². The summed E-state index contributed by atoms with van der Waals surface area (Å²) in [6, 6.07) is 20.3. The van der Waals surface area contributed by atoms with Crippen molar-refractivity contribution in [1.82, 2.24) is 4.72 Å².